The van der Waals surface area contributed by atoms with Gasteiger partial charge in [-0.1, -0.05) is 0 Å². The zero-order valence-electron chi connectivity index (χ0n) is 11.8. The average Bonchev–Trinajstić information content (AvgIpc) is 2.92. The van der Waals surface area contributed by atoms with Crippen LogP contribution in [0.4, 0.5) is 10.2 Å². The number of nitrogens with two attached hydrogens (primary N) is 1. The summed E-state index contributed by atoms with van der Waals surface area (Å²) in [7, 11) is 1.44. The Morgan fingerprint density at radius 1 is 1.48 bits per heavy atom. The summed E-state index contributed by atoms with van der Waals surface area (Å²) < 4.78 is 36.7. The number of nitrogen functional groups attached to an aromatic ring is 1. The number of rotatable bonds is 2. The van der Waals surface area contributed by atoms with Crippen molar-refractivity contribution in [2.24, 2.45) is 0 Å². The van der Waals surface area contributed by atoms with Gasteiger partial charge in [0.1, 0.15) is 12.2 Å². The summed E-state index contributed by atoms with van der Waals surface area (Å²) in [5.74, 6) is -2.48. The second-order valence-corrected chi connectivity index (χ2v) is 5.13. The molecule has 2 N–H and O–H groups in total. The number of methoxy groups -OCH3 is 1. The van der Waals surface area contributed by atoms with Crippen LogP contribution in [0, 0.1) is 5.82 Å². The minimum Gasteiger partial charge on any atom is -0.381 e. The first-order valence-corrected chi connectivity index (χ1v) is 6.45. The highest BCUT2D eigenvalue weighted by atomic mass is 19.1. The fourth-order valence-corrected chi connectivity index (χ4v) is 2.57. The second kappa shape index (κ2) is 4.73. The van der Waals surface area contributed by atoms with Gasteiger partial charge in [0, 0.05) is 14.0 Å². The summed E-state index contributed by atoms with van der Waals surface area (Å²) in [6.45, 7) is 3.38. The smallest absolute Gasteiger partial charge is 0.351 e. The van der Waals surface area contributed by atoms with Gasteiger partial charge in [-0.05, 0) is 6.92 Å². The summed E-state index contributed by atoms with van der Waals surface area (Å²) >= 11 is 0. The van der Waals surface area contributed by atoms with E-state index >= 15 is 0 Å². The molecular weight excluding hydrogens is 285 g/mol. The van der Waals surface area contributed by atoms with Gasteiger partial charge >= 0.3 is 5.69 Å². The van der Waals surface area contributed by atoms with Crippen LogP contribution in [-0.2, 0) is 18.9 Å². The molecule has 0 radical (unpaired) electrons. The van der Waals surface area contributed by atoms with Crippen molar-refractivity contribution in [3.05, 3.63) is 22.5 Å². The maximum Gasteiger partial charge on any atom is 0.351 e. The molecule has 21 heavy (non-hydrogen) atoms. The van der Waals surface area contributed by atoms with E-state index < -0.39 is 41.7 Å². The molecule has 1 aromatic rings. The van der Waals surface area contributed by atoms with Crippen molar-refractivity contribution in [3.8, 4) is 0 Å². The summed E-state index contributed by atoms with van der Waals surface area (Å²) in [6, 6.07) is 0. The lowest BCUT2D eigenvalue weighted by atomic mass is 10.1. The van der Waals surface area contributed by atoms with Crippen LogP contribution >= 0.6 is 0 Å². The van der Waals surface area contributed by atoms with Crippen molar-refractivity contribution in [1.82, 2.24) is 9.55 Å². The molecule has 0 aromatic carbocycles. The second-order valence-electron chi connectivity index (χ2n) is 5.13. The molecule has 9 heteroatoms. The molecule has 2 aliphatic rings. The van der Waals surface area contributed by atoms with Crippen molar-refractivity contribution >= 4 is 5.82 Å². The van der Waals surface area contributed by atoms with Gasteiger partial charge in [0.2, 0.25) is 0 Å². The van der Waals surface area contributed by atoms with Crippen LogP contribution in [0.5, 0.6) is 0 Å². The Kier molecular flexibility index (Phi) is 3.24. The van der Waals surface area contributed by atoms with E-state index in [1.165, 1.54) is 7.11 Å². The Hall–Kier alpha value is -1.55. The van der Waals surface area contributed by atoms with Crippen molar-refractivity contribution in [2.75, 3.05) is 12.8 Å². The van der Waals surface area contributed by atoms with E-state index in [0.29, 0.717) is 0 Å². The molecule has 1 aromatic heterocycles. The summed E-state index contributed by atoms with van der Waals surface area (Å²) in [5.41, 5.74) is 4.55. The van der Waals surface area contributed by atoms with Crippen LogP contribution in [0.1, 0.15) is 20.1 Å². The van der Waals surface area contributed by atoms with E-state index in [-0.39, 0.29) is 6.10 Å². The zero-order chi connectivity index (χ0) is 15.4. The van der Waals surface area contributed by atoms with Crippen molar-refractivity contribution in [2.45, 2.75) is 44.4 Å². The van der Waals surface area contributed by atoms with Crippen molar-refractivity contribution in [1.29, 1.82) is 0 Å². The van der Waals surface area contributed by atoms with Gasteiger partial charge in [-0.3, -0.25) is 4.57 Å². The number of ether oxygens (including phenoxy) is 4. The van der Waals surface area contributed by atoms with Crippen LogP contribution in [-0.4, -0.2) is 40.9 Å². The Labute approximate surface area is 119 Å². The first kappa shape index (κ1) is 14.4. The molecule has 1 unspecified atom stereocenters. The fraction of sp³-hybridized carbons (Fsp3) is 0.667. The van der Waals surface area contributed by atoms with Gasteiger partial charge in [0.15, 0.2) is 17.9 Å². The van der Waals surface area contributed by atoms with Crippen LogP contribution in [0.3, 0.4) is 0 Å². The van der Waals surface area contributed by atoms with E-state index in [2.05, 4.69) is 4.98 Å². The predicted molar refractivity (Wildman–Crippen MR) is 67.6 cm³/mol. The molecule has 5 atom stereocenters. The Balaban J connectivity index is 1.97. The molecule has 0 aliphatic carbocycles. The summed E-state index contributed by atoms with van der Waals surface area (Å²) in [6.07, 6.45) is -1.32. The standard InChI is InChI=1S/C12H16FN3O5/c1-5-7-8(21-12(2,18-3)20-7)10(19-5)16-4-6(13)9(14)15-11(16)17/h4-5,7-8,10H,1-3H3,(H2,14,15,17)/t5-,7-,8-,10-,12?/m1/s1. The van der Waals surface area contributed by atoms with E-state index in [1.54, 1.807) is 13.8 Å². The van der Waals surface area contributed by atoms with E-state index in [0.717, 1.165) is 10.8 Å². The Bertz CT molecular complexity index is 623. The van der Waals surface area contributed by atoms with Crippen molar-refractivity contribution < 1.29 is 23.3 Å². The first-order valence-electron chi connectivity index (χ1n) is 6.45. The maximum absolute atomic E-state index is 13.6. The van der Waals surface area contributed by atoms with Gasteiger partial charge in [-0.2, -0.15) is 4.98 Å². The van der Waals surface area contributed by atoms with Crippen LogP contribution in [0.15, 0.2) is 11.0 Å². The molecule has 2 fully saturated rings. The number of hydrogen-bond acceptors (Lipinski definition) is 7. The highest BCUT2D eigenvalue weighted by Gasteiger charge is 2.56. The molecule has 0 bridgehead atoms. The molecule has 3 rings (SSSR count). The molecule has 3 heterocycles. The SMILES string of the molecule is COC1(C)O[C@@H]2[C@H](O1)[C@@H](C)O[C@H]2n1cc(F)c(N)nc1=O. The van der Waals surface area contributed by atoms with E-state index in [4.69, 9.17) is 24.7 Å². The number of nitrogens with zero attached hydrogens (tertiary/aromatic N) is 2. The van der Waals surface area contributed by atoms with Gasteiger partial charge < -0.3 is 24.7 Å². The van der Waals surface area contributed by atoms with Gasteiger partial charge in [-0.15, -0.1) is 0 Å². The maximum atomic E-state index is 13.6. The topological polar surface area (TPSA) is 97.8 Å². The lowest BCUT2D eigenvalue weighted by Crippen LogP contribution is -2.36. The largest absolute Gasteiger partial charge is 0.381 e. The minimum atomic E-state index is -1.23. The van der Waals surface area contributed by atoms with Crippen molar-refractivity contribution in [3.63, 3.8) is 0 Å². The van der Waals surface area contributed by atoms with Gasteiger partial charge in [0.25, 0.3) is 5.97 Å². The van der Waals surface area contributed by atoms with Crippen LogP contribution in [0.2, 0.25) is 0 Å². The summed E-state index contributed by atoms with van der Waals surface area (Å²) in [4.78, 5) is 15.3. The van der Waals surface area contributed by atoms with Gasteiger partial charge in [0.05, 0.1) is 12.3 Å². The van der Waals surface area contributed by atoms with Crippen LogP contribution in [0.25, 0.3) is 0 Å². The Morgan fingerprint density at radius 2 is 2.14 bits per heavy atom. The van der Waals surface area contributed by atoms with E-state index in [9.17, 15) is 9.18 Å². The highest BCUT2D eigenvalue weighted by Crippen LogP contribution is 2.42. The number of halogens is 1. The molecule has 0 spiro atoms. The molecule has 2 saturated heterocycles. The number of aromatic nitrogens is 2. The fourth-order valence-electron chi connectivity index (χ4n) is 2.57. The average molecular weight is 301 g/mol. The molecule has 116 valence electrons. The van der Waals surface area contributed by atoms with E-state index in [1.807, 2.05) is 0 Å². The number of hydrogen-bond donors (Lipinski definition) is 1. The normalized spacial score (nSPS) is 38.7. The monoisotopic (exact) mass is 301 g/mol. The number of anilines is 1. The third kappa shape index (κ3) is 2.22. The third-order valence-corrected chi connectivity index (χ3v) is 3.70. The Morgan fingerprint density at radius 3 is 2.81 bits per heavy atom. The molecule has 0 amide bonds. The minimum absolute atomic E-state index is 0.357. The van der Waals surface area contributed by atoms with Crippen LogP contribution < -0.4 is 11.4 Å². The molecule has 8 nitrogen and oxygen atoms in total. The molecular formula is C12H16FN3O5. The quantitative estimate of drug-likeness (QED) is 0.820. The molecule has 2 aliphatic heterocycles. The first-order chi connectivity index (χ1) is 9.84. The highest BCUT2D eigenvalue weighted by molar-refractivity contribution is 5.26. The zero-order valence-corrected chi connectivity index (χ0v) is 11.8. The lowest BCUT2D eigenvalue weighted by Gasteiger charge is -2.25. The van der Waals surface area contributed by atoms with Gasteiger partial charge in [-0.25, -0.2) is 9.18 Å². The molecule has 0 saturated carbocycles. The summed E-state index contributed by atoms with van der Waals surface area (Å²) in [5, 5.41) is 0. The third-order valence-electron chi connectivity index (χ3n) is 3.70. The number of fused-ring (bicyclic) bond motifs is 1. The lowest BCUT2D eigenvalue weighted by molar-refractivity contribution is -0.335. The predicted octanol–water partition coefficient (Wildman–Crippen LogP) is -0.0140.